The van der Waals surface area contributed by atoms with Crippen molar-refractivity contribution in [3.05, 3.63) is 0 Å². The maximum absolute atomic E-state index is 11.9. The second-order valence-electron chi connectivity index (χ2n) is 3.91. The van der Waals surface area contributed by atoms with E-state index in [0.29, 0.717) is 26.3 Å². The molecule has 0 aliphatic carbocycles. The number of alkyl halides is 3. The molecule has 1 saturated heterocycles. The highest BCUT2D eigenvalue weighted by Gasteiger charge is 2.28. The molecule has 1 aliphatic rings. The van der Waals surface area contributed by atoms with Gasteiger partial charge in [-0.25, -0.2) is 0 Å². The molecule has 18 heavy (non-hydrogen) atoms. The molecule has 0 spiro atoms. The van der Waals surface area contributed by atoms with Crippen molar-refractivity contribution in [3.8, 4) is 0 Å². The van der Waals surface area contributed by atoms with Gasteiger partial charge < -0.3 is 15.0 Å². The van der Waals surface area contributed by atoms with Crippen LogP contribution in [0.5, 0.6) is 0 Å². The summed E-state index contributed by atoms with van der Waals surface area (Å²) in [7, 11) is 0. The monoisotopic (exact) mass is 286 g/mol. The Bertz CT molecular complexity index is 270. The van der Waals surface area contributed by atoms with Gasteiger partial charge in [-0.3, -0.25) is 4.79 Å². The highest BCUT2D eigenvalue weighted by atomic mass is 32.2. The molecule has 0 bridgehead atoms. The summed E-state index contributed by atoms with van der Waals surface area (Å²) in [6.07, 6.45) is 0. The van der Waals surface area contributed by atoms with Crippen molar-refractivity contribution in [2.75, 3.05) is 38.6 Å². The lowest BCUT2D eigenvalue weighted by Gasteiger charge is -2.29. The Labute approximate surface area is 108 Å². The number of hydrogen-bond donors (Lipinski definition) is 1. The SMILES string of the molecule is CC(NCCSC(F)(F)F)C(=O)N1CCOCC1. The van der Waals surface area contributed by atoms with Crippen LogP contribution in [0.4, 0.5) is 13.2 Å². The predicted molar refractivity (Wildman–Crippen MR) is 63.4 cm³/mol. The topological polar surface area (TPSA) is 41.6 Å². The van der Waals surface area contributed by atoms with Crippen molar-refractivity contribution in [1.82, 2.24) is 10.2 Å². The summed E-state index contributed by atoms with van der Waals surface area (Å²) in [4.78, 5) is 13.5. The Kier molecular flexibility index (Phi) is 6.24. The maximum atomic E-state index is 11.9. The van der Waals surface area contributed by atoms with E-state index in [1.807, 2.05) is 0 Å². The highest BCUT2D eigenvalue weighted by molar-refractivity contribution is 8.00. The number of halogens is 3. The predicted octanol–water partition coefficient (Wildman–Crippen LogP) is 1.08. The van der Waals surface area contributed by atoms with Crippen molar-refractivity contribution in [2.45, 2.75) is 18.5 Å². The molecule has 1 aliphatic heterocycles. The lowest BCUT2D eigenvalue weighted by atomic mass is 10.2. The Morgan fingerprint density at radius 3 is 2.61 bits per heavy atom. The molecule has 1 rings (SSSR count). The number of nitrogens with zero attached hydrogens (tertiary/aromatic N) is 1. The van der Waals surface area contributed by atoms with Crippen LogP contribution in [0.3, 0.4) is 0 Å². The standard InChI is InChI=1S/C10H17F3N2O2S/c1-8(14-2-7-18-10(11,12)13)9(16)15-3-5-17-6-4-15/h8,14H,2-7H2,1H3. The Balaban J connectivity index is 2.19. The van der Waals surface area contributed by atoms with Crippen molar-refractivity contribution >= 4 is 17.7 Å². The van der Waals surface area contributed by atoms with Gasteiger partial charge in [-0.2, -0.15) is 13.2 Å². The largest absolute Gasteiger partial charge is 0.441 e. The van der Waals surface area contributed by atoms with E-state index in [1.54, 1.807) is 11.8 Å². The third-order valence-corrected chi connectivity index (χ3v) is 3.25. The number of thioether (sulfide) groups is 1. The van der Waals surface area contributed by atoms with E-state index in [2.05, 4.69) is 5.32 Å². The Morgan fingerprint density at radius 1 is 1.44 bits per heavy atom. The first kappa shape index (κ1) is 15.6. The lowest BCUT2D eigenvalue weighted by Crippen LogP contribution is -2.49. The molecule has 4 nitrogen and oxygen atoms in total. The van der Waals surface area contributed by atoms with E-state index in [-0.39, 0.29) is 30.0 Å². The molecule has 106 valence electrons. The fourth-order valence-corrected chi connectivity index (χ4v) is 2.04. The first-order valence-electron chi connectivity index (χ1n) is 5.71. The van der Waals surface area contributed by atoms with Crippen molar-refractivity contribution in [3.63, 3.8) is 0 Å². The van der Waals surface area contributed by atoms with E-state index in [0.717, 1.165) is 0 Å². The number of nitrogens with one attached hydrogen (secondary N) is 1. The molecule has 0 aromatic carbocycles. The van der Waals surface area contributed by atoms with Crippen LogP contribution >= 0.6 is 11.8 Å². The van der Waals surface area contributed by atoms with Gasteiger partial charge in [0.25, 0.3) is 0 Å². The zero-order valence-corrected chi connectivity index (χ0v) is 10.9. The molecule has 0 saturated carbocycles. The number of carbonyl (C=O) groups is 1. The van der Waals surface area contributed by atoms with E-state index in [9.17, 15) is 18.0 Å². The summed E-state index contributed by atoms with van der Waals surface area (Å²) in [5, 5.41) is 2.80. The normalized spacial score (nSPS) is 18.8. The van der Waals surface area contributed by atoms with Crippen LogP contribution in [0.25, 0.3) is 0 Å². The summed E-state index contributed by atoms with van der Waals surface area (Å²) in [6, 6.07) is -0.461. The first-order valence-corrected chi connectivity index (χ1v) is 6.69. The zero-order chi connectivity index (χ0) is 13.6. The van der Waals surface area contributed by atoms with Gasteiger partial charge in [0.2, 0.25) is 5.91 Å². The molecule has 1 unspecified atom stereocenters. The summed E-state index contributed by atoms with van der Waals surface area (Å²) >= 11 is -0.0845. The quantitative estimate of drug-likeness (QED) is 0.768. The van der Waals surface area contributed by atoms with Gasteiger partial charge in [0, 0.05) is 25.4 Å². The average Bonchev–Trinajstić information content (AvgIpc) is 2.33. The number of rotatable bonds is 5. The molecule has 8 heteroatoms. The van der Waals surface area contributed by atoms with Crippen molar-refractivity contribution in [2.24, 2.45) is 0 Å². The fraction of sp³-hybridized carbons (Fsp3) is 0.900. The van der Waals surface area contributed by atoms with E-state index in [4.69, 9.17) is 4.74 Å². The van der Waals surface area contributed by atoms with E-state index < -0.39 is 11.6 Å². The van der Waals surface area contributed by atoms with Crippen LogP contribution in [-0.2, 0) is 9.53 Å². The van der Waals surface area contributed by atoms with E-state index in [1.165, 1.54) is 0 Å². The van der Waals surface area contributed by atoms with Gasteiger partial charge in [-0.05, 0) is 18.7 Å². The van der Waals surface area contributed by atoms with Crippen molar-refractivity contribution < 1.29 is 22.7 Å². The van der Waals surface area contributed by atoms with Crippen LogP contribution in [0, 0.1) is 0 Å². The van der Waals surface area contributed by atoms with E-state index >= 15 is 0 Å². The third kappa shape index (κ3) is 5.92. The molecule has 1 atom stereocenters. The molecule has 1 fully saturated rings. The van der Waals surface area contributed by atoms with Gasteiger partial charge in [-0.15, -0.1) is 0 Å². The first-order chi connectivity index (χ1) is 8.40. The molecular weight excluding hydrogens is 269 g/mol. The third-order valence-electron chi connectivity index (χ3n) is 2.51. The molecule has 1 heterocycles. The van der Waals surface area contributed by atoms with Gasteiger partial charge in [0.05, 0.1) is 19.3 Å². The van der Waals surface area contributed by atoms with Crippen LogP contribution in [-0.4, -0.2) is 61.0 Å². The molecule has 0 radical (unpaired) electrons. The number of morpholine rings is 1. The van der Waals surface area contributed by atoms with Crippen LogP contribution < -0.4 is 5.32 Å². The molecule has 1 N–H and O–H groups in total. The zero-order valence-electron chi connectivity index (χ0n) is 10.1. The minimum absolute atomic E-state index is 0.0845. The number of carbonyl (C=O) groups excluding carboxylic acids is 1. The minimum atomic E-state index is -4.21. The molecule has 0 aromatic rings. The second kappa shape index (κ2) is 7.20. The number of hydrogen-bond acceptors (Lipinski definition) is 4. The summed E-state index contributed by atoms with van der Waals surface area (Å²) in [6.45, 7) is 3.94. The summed E-state index contributed by atoms with van der Waals surface area (Å²) in [5.74, 6) is -0.181. The van der Waals surface area contributed by atoms with Gasteiger partial charge in [-0.1, -0.05) is 0 Å². The summed E-state index contributed by atoms with van der Waals surface area (Å²) < 4.78 is 40.7. The van der Waals surface area contributed by atoms with Crippen LogP contribution in [0.1, 0.15) is 6.92 Å². The van der Waals surface area contributed by atoms with Gasteiger partial charge in [0.15, 0.2) is 0 Å². The smallest absolute Gasteiger partial charge is 0.378 e. The van der Waals surface area contributed by atoms with Gasteiger partial charge >= 0.3 is 5.51 Å². The Hall–Kier alpha value is -0.470. The minimum Gasteiger partial charge on any atom is -0.378 e. The fourth-order valence-electron chi connectivity index (χ4n) is 1.59. The maximum Gasteiger partial charge on any atom is 0.441 e. The highest BCUT2D eigenvalue weighted by Crippen LogP contribution is 2.29. The summed E-state index contributed by atoms with van der Waals surface area (Å²) in [5.41, 5.74) is -4.21. The average molecular weight is 286 g/mol. The lowest BCUT2D eigenvalue weighted by molar-refractivity contribution is -0.137. The number of ether oxygens (including phenoxy) is 1. The molecule has 0 aromatic heterocycles. The number of amides is 1. The molecule has 1 amide bonds. The molecular formula is C10H17F3N2O2S. The van der Waals surface area contributed by atoms with Gasteiger partial charge in [0.1, 0.15) is 0 Å². The van der Waals surface area contributed by atoms with Crippen LogP contribution in [0.15, 0.2) is 0 Å². The second-order valence-corrected chi connectivity index (χ2v) is 5.07. The Morgan fingerprint density at radius 2 is 2.06 bits per heavy atom. The van der Waals surface area contributed by atoms with Crippen LogP contribution in [0.2, 0.25) is 0 Å². The van der Waals surface area contributed by atoms with Crippen molar-refractivity contribution in [1.29, 1.82) is 0 Å².